The van der Waals surface area contributed by atoms with Crippen molar-refractivity contribution in [2.75, 3.05) is 56.9 Å². The normalized spacial score (nSPS) is 14.4. The third kappa shape index (κ3) is 14.0. The van der Waals surface area contributed by atoms with Gasteiger partial charge >= 0.3 is 0 Å². The maximum absolute atomic E-state index is 13.0. The van der Waals surface area contributed by atoms with Crippen LogP contribution in [0.15, 0.2) is 85.3 Å². The maximum atomic E-state index is 13.0. The number of carbonyl (C=O) groups is 5. The Morgan fingerprint density at radius 2 is 1.57 bits per heavy atom. The Hall–Kier alpha value is -7.09. The third-order valence-electron chi connectivity index (χ3n) is 11.4. The van der Waals surface area contributed by atoms with E-state index in [-0.39, 0.29) is 49.4 Å². The zero-order valence-electron chi connectivity index (χ0n) is 38.2. The lowest BCUT2D eigenvalue weighted by Gasteiger charge is -2.29. The van der Waals surface area contributed by atoms with E-state index in [1.165, 1.54) is 11.2 Å². The van der Waals surface area contributed by atoms with E-state index >= 15 is 0 Å². The molecule has 5 amide bonds. The summed E-state index contributed by atoms with van der Waals surface area (Å²) >= 11 is 0. The Bertz CT molecular complexity index is 2500. The molecule has 358 valence electrons. The van der Waals surface area contributed by atoms with Gasteiger partial charge in [-0.2, -0.15) is 0 Å². The van der Waals surface area contributed by atoms with Gasteiger partial charge in [-0.25, -0.2) is 9.97 Å². The van der Waals surface area contributed by atoms with Crippen molar-refractivity contribution in [3.8, 4) is 17.3 Å². The Morgan fingerprint density at radius 3 is 2.37 bits per heavy atom. The lowest BCUT2D eigenvalue weighted by Crippen LogP contribution is -2.52. The number of hydrogen-bond donors (Lipinski definition) is 4. The highest BCUT2D eigenvalue weighted by Crippen LogP contribution is 2.32. The van der Waals surface area contributed by atoms with Gasteiger partial charge in [0, 0.05) is 80.5 Å². The van der Waals surface area contributed by atoms with Crippen molar-refractivity contribution in [1.29, 1.82) is 0 Å². The largest absolute Gasteiger partial charge is 0.494 e. The quantitative estimate of drug-likeness (QED) is 0.0402. The van der Waals surface area contributed by atoms with Crippen LogP contribution in [0.3, 0.4) is 0 Å². The second-order valence-corrected chi connectivity index (χ2v) is 16.3. The molecule has 5 aromatic rings. The van der Waals surface area contributed by atoms with Gasteiger partial charge < -0.3 is 44.4 Å². The average molecular weight is 931 g/mol. The van der Waals surface area contributed by atoms with Gasteiger partial charge in [0.2, 0.25) is 17.7 Å². The van der Waals surface area contributed by atoms with E-state index in [0.29, 0.717) is 99.7 Å². The molecule has 4 N–H and O–H groups in total. The molecule has 1 atom stereocenters. The molecule has 68 heavy (non-hydrogen) atoms. The van der Waals surface area contributed by atoms with Gasteiger partial charge in [0.15, 0.2) is 11.6 Å². The van der Waals surface area contributed by atoms with Gasteiger partial charge in [-0.1, -0.05) is 30.7 Å². The fourth-order valence-electron chi connectivity index (χ4n) is 7.78. The number of unbranched alkanes of at least 4 members (excludes halogenated alkanes) is 3. The van der Waals surface area contributed by atoms with Crippen LogP contribution < -0.4 is 26.0 Å². The lowest BCUT2D eigenvalue weighted by molar-refractivity contribution is -0.137. The Labute approximate surface area is 394 Å². The number of nitrogens with one attached hydrogen (secondary N) is 4. The molecule has 4 heterocycles. The van der Waals surface area contributed by atoms with Crippen LogP contribution in [0.5, 0.6) is 5.75 Å². The number of hydrogen-bond acceptors (Lipinski definition) is 14. The van der Waals surface area contributed by atoms with Crippen molar-refractivity contribution in [2.45, 2.75) is 77.0 Å². The summed E-state index contributed by atoms with van der Waals surface area (Å²) in [7, 11) is 1.88. The zero-order valence-corrected chi connectivity index (χ0v) is 38.2. The van der Waals surface area contributed by atoms with E-state index in [0.717, 1.165) is 48.5 Å². The molecule has 7 rings (SSSR count). The summed E-state index contributed by atoms with van der Waals surface area (Å²) in [6.45, 7) is 4.43. The molecule has 1 fully saturated rings. The van der Waals surface area contributed by atoms with Gasteiger partial charge in [0.1, 0.15) is 23.8 Å². The summed E-state index contributed by atoms with van der Waals surface area (Å²) in [4.78, 5) is 72.4. The number of piperidine rings is 1. The predicted molar refractivity (Wildman–Crippen MR) is 250 cm³/mol. The van der Waals surface area contributed by atoms with Crippen molar-refractivity contribution in [1.82, 2.24) is 40.3 Å². The Morgan fingerprint density at radius 1 is 0.809 bits per heavy atom. The molecule has 0 aliphatic carbocycles. The second kappa shape index (κ2) is 25.2. The molecule has 2 aliphatic rings. The topological polar surface area (TPSA) is 230 Å². The zero-order chi connectivity index (χ0) is 47.5. The number of aromatic nitrogens is 5. The number of ether oxygens (including phenoxy) is 4. The number of nitrogens with zero attached hydrogens (tertiary/aromatic N) is 6. The van der Waals surface area contributed by atoms with Gasteiger partial charge in [-0.05, 0) is 86.2 Å². The summed E-state index contributed by atoms with van der Waals surface area (Å²) in [6.07, 6.45) is 8.26. The highest BCUT2D eigenvalue weighted by atomic mass is 16.5. The van der Waals surface area contributed by atoms with Crippen molar-refractivity contribution < 1.29 is 42.9 Å². The van der Waals surface area contributed by atoms with Gasteiger partial charge in [0.25, 0.3) is 11.8 Å². The molecule has 1 unspecified atom stereocenters. The summed E-state index contributed by atoms with van der Waals surface area (Å²) in [6, 6.07) is 21.3. The number of fused-ring (bicyclic) bond motifs is 1. The van der Waals surface area contributed by atoms with Crippen molar-refractivity contribution in [3.05, 3.63) is 113 Å². The molecule has 0 saturated carbocycles. The molecule has 3 aromatic carbocycles. The summed E-state index contributed by atoms with van der Waals surface area (Å²) in [5, 5.41) is 20.1. The molecule has 0 bridgehead atoms. The van der Waals surface area contributed by atoms with E-state index < -0.39 is 11.9 Å². The van der Waals surface area contributed by atoms with E-state index in [2.05, 4.69) is 41.4 Å². The first-order valence-electron chi connectivity index (χ1n) is 23.0. The third-order valence-corrected chi connectivity index (χ3v) is 11.4. The van der Waals surface area contributed by atoms with Gasteiger partial charge in [-0.15, -0.1) is 10.2 Å². The first-order valence-corrected chi connectivity index (χ1v) is 23.0. The van der Waals surface area contributed by atoms with Crippen molar-refractivity contribution in [2.24, 2.45) is 7.05 Å². The van der Waals surface area contributed by atoms with Crippen LogP contribution in [0.4, 0.5) is 11.4 Å². The molecule has 1 saturated heterocycles. The monoisotopic (exact) mass is 930 g/mol. The number of imide groups is 1. The number of carbonyl (C=O) groups excluding carboxylic acids is 5. The van der Waals surface area contributed by atoms with Crippen LogP contribution in [0.25, 0.3) is 11.5 Å². The fraction of sp³-hybridized carbons (Fsp3) is 0.408. The van der Waals surface area contributed by atoms with E-state index in [4.69, 9.17) is 18.9 Å². The second-order valence-electron chi connectivity index (χ2n) is 16.3. The van der Waals surface area contributed by atoms with Crippen molar-refractivity contribution in [3.63, 3.8) is 0 Å². The summed E-state index contributed by atoms with van der Waals surface area (Å²) in [5.74, 6) is 0.650. The summed E-state index contributed by atoms with van der Waals surface area (Å²) in [5.41, 5.74) is 4.60. The minimum Gasteiger partial charge on any atom is -0.494 e. The van der Waals surface area contributed by atoms with Gasteiger partial charge in [-0.3, -0.25) is 29.3 Å². The predicted octanol–water partition coefficient (Wildman–Crippen LogP) is 4.98. The lowest BCUT2D eigenvalue weighted by atomic mass is 10.0. The summed E-state index contributed by atoms with van der Waals surface area (Å²) < 4.78 is 24.8. The van der Waals surface area contributed by atoms with Gasteiger partial charge in [0.05, 0.1) is 39.6 Å². The number of amides is 5. The minimum absolute atomic E-state index is 0.177. The maximum Gasteiger partial charge on any atom is 0.255 e. The van der Waals surface area contributed by atoms with E-state index in [1.807, 2.05) is 54.1 Å². The standard InChI is InChI=1S/C49H58N10O9/c1-58-43(56-57-46(58)41-19-20-50-33-53-41)31-51-36-12-7-11-35(29-36)47(62)52-30-34-10-6-13-37(28-34)68-23-5-3-2-4-21-65-24-26-67-27-25-66-22-9-16-44(60)54-40-15-8-14-38-39(40)32-59(49(38)64)42-17-18-45(61)55-48(42)63/h6-8,10-15,19-20,28-29,33,42,51H,2-5,9,16-18,21-27,30-32H2,1H3,(H,52,62)(H,54,60)(H,55,61,63). The molecular formula is C49H58N10O9. The Balaban J connectivity index is 0.664. The van der Waals surface area contributed by atoms with Crippen LogP contribution in [-0.2, 0) is 55.3 Å². The molecule has 0 spiro atoms. The first-order chi connectivity index (χ1) is 33.2. The fourth-order valence-corrected chi connectivity index (χ4v) is 7.78. The highest BCUT2D eigenvalue weighted by Gasteiger charge is 2.40. The SMILES string of the molecule is Cn1c(CNc2cccc(C(=O)NCc3cccc(OCCCCCCOCCOCCOCCCC(=O)Nc4cccc5c4CN(C4CCC(=O)NC4=O)C5=O)c3)c2)nnc1-c1ccncn1. The van der Waals surface area contributed by atoms with Crippen LogP contribution >= 0.6 is 0 Å². The number of benzene rings is 3. The highest BCUT2D eigenvalue weighted by molar-refractivity contribution is 6.06. The smallest absolute Gasteiger partial charge is 0.255 e. The van der Waals surface area contributed by atoms with Crippen LogP contribution in [0, 0.1) is 0 Å². The minimum atomic E-state index is -0.716. The molecule has 2 aliphatic heterocycles. The molecule has 0 radical (unpaired) electrons. The van der Waals surface area contributed by atoms with E-state index in [9.17, 15) is 24.0 Å². The molecule has 19 nitrogen and oxygen atoms in total. The number of anilines is 2. The van der Waals surface area contributed by atoms with Crippen molar-refractivity contribution >= 4 is 40.9 Å². The number of rotatable bonds is 27. The van der Waals surface area contributed by atoms with Crippen LogP contribution in [0.2, 0.25) is 0 Å². The first kappa shape index (κ1) is 48.8. The Kier molecular flexibility index (Phi) is 18.1. The van der Waals surface area contributed by atoms with Crippen LogP contribution in [-0.4, -0.2) is 111 Å². The molecule has 19 heteroatoms. The van der Waals surface area contributed by atoms with E-state index in [1.54, 1.807) is 36.5 Å². The average Bonchev–Trinajstić information content (AvgIpc) is 3.89. The van der Waals surface area contributed by atoms with Crippen LogP contribution in [0.1, 0.15) is 89.0 Å². The molecular weight excluding hydrogens is 873 g/mol. The molecule has 2 aromatic heterocycles.